The lowest BCUT2D eigenvalue weighted by Gasteiger charge is -2.27. The number of anilines is 1. The zero-order valence-corrected chi connectivity index (χ0v) is 11.6. The predicted octanol–water partition coefficient (Wildman–Crippen LogP) is 0.112. The average molecular weight is 287 g/mol. The number of nitrogens with zero attached hydrogens (tertiary/aromatic N) is 2. The summed E-state index contributed by atoms with van der Waals surface area (Å²) in [4.78, 5) is 25.3. The molecule has 1 heterocycles. The predicted molar refractivity (Wildman–Crippen MR) is 77.6 cm³/mol. The van der Waals surface area contributed by atoms with Crippen molar-refractivity contribution in [2.45, 2.75) is 0 Å². The molecular formula is C14H17N5O2. The average Bonchev–Trinajstić information content (AvgIpc) is 2.54. The lowest BCUT2D eigenvalue weighted by atomic mass is 10.2. The molecule has 0 radical (unpaired) electrons. The molecule has 0 unspecified atom stereocenters. The molecule has 110 valence electrons. The van der Waals surface area contributed by atoms with Crippen LogP contribution in [0.1, 0.15) is 5.56 Å². The Morgan fingerprint density at radius 3 is 2.52 bits per heavy atom. The van der Waals surface area contributed by atoms with Gasteiger partial charge in [-0.2, -0.15) is 5.26 Å². The summed E-state index contributed by atoms with van der Waals surface area (Å²) in [5.74, 6) is -0.0912. The van der Waals surface area contributed by atoms with Crippen LogP contribution in [0, 0.1) is 11.3 Å². The molecule has 0 bridgehead atoms. The molecule has 0 spiro atoms. The molecule has 3 amide bonds. The van der Waals surface area contributed by atoms with E-state index in [0.717, 1.165) is 13.1 Å². The Kier molecular flexibility index (Phi) is 5.12. The van der Waals surface area contributed by atoms with E-state index in [1.165, 1.54) is 0 Å². The van der Waals surface area contributed by atoms with Crippen LogP contribution in [0.3, 0.4) is 0 Å². The number of urea groups is 1. The maximum atomic E-state index is 11.9. The number of nitriles is 1. The van der Waals surface area contributed by atoms with Gasteiger partial charge in [0.1, 0.15) is 0 Å². The Morgan fingerprint density at radius 1 is 1.24 bits per heavy atom. The molecule has 0 saturated carbocycles. The largest absolute Gasteiger partial charge is 0.339 e. The van der Waals surface area contributed by atoms with Crippen LogP contribution in [-0.2, 0) is 4.79 Å². The van der Waals surface area contributed by atoms with Gasteiger partial charge in [0.25, 0.3) is 0 Å². The van der Waals surface area contributed by atoms with E-state index in [1.807, 2.05) is 6.07 Å². The van der Waals surface area contributed by atoms with Gasteiger partial charge in [-0.25, -0.2) is 4.79 Å². The minimum Gasteiger partial charge on any atom is -0.339 e. The molecule has 0 aromatic heterocycles. The molecule has 1 aromatic carbocycles. The first-order valence-corrected chi connectivity index (χ1v) is 6.72. The van der Waals surface area contributed by atoms with Crippen LogP contribution in [0.2, 0.25) is 0 Å². The van der Waals surface area contributed by atoms with Crippen LogP contribution < -0.4 is 16.0 Å². The third-order valence-corrected chi connectivity index (χ3v) is 3.14. The van der Waals surface area contributed by atoms with E-state index in [9.17, 15) is 9.59 Å². The van der Waals surface area contributed by atoms with Crippen molar-refractivity contribution in [2.75, 3.05) is 38.0 Å². The second kappa shape index (κ2) is 7.26. The molecule has 21 heavy (non-hydrogen) atoms. The number of amides is 3. The molecule has 7 nitrogen and oxygen atoms in total. The third-order valence-electron chi connectivity index (χ3n) is 3.14. The summed E-state index contributed by atoms with van der Waals surface area (Å²) >= 11 is 0. The Morgan fingerprint density at radius 2 is 1.90 bits per heavy atom. The highest BCUT2D eigenvalue weighted by atomic mass is 16.2. The van der Waals surface area contributed by atoms with Crippen LogP contribution >= 0.6 is 0 Å². The van der Waals surface area contributed by atoms with Crippen LogP contribution in [0.25, 0.3) is 0 Å². The molecule has 0 aliphatic carbocycles. The van der Waals surface area contributed by atoms with Gasteiger partial charge in [-0.05, 0) is 24.3 Å². The summed E-state index contributed by atoms with van der Waals surface area (Å²) in [6.07, 6.45) is 0. The first-order valence-electron chi connectivity index (χ1n) is 6.72. The molecule has 3 N–H and O–H groups in total. The Labute approximate surface area is 122 Å². The van der Waals surface area contributed by atoms with Gasteiger partial charge in [-0.3, -0.25) is 4.79 Å². The van der Waals surface area contributed by atoms with E-state index >= 15 is 0 Å². The maximum absolute atomic E-state index is 11.9. The number of benzene rings is 1. The monoisotopic (exact) mass is 287 g/mol. The first-order chi connectivity index (χ1) is 10.2. The molecule has 2 rings (SSSR count). The van der Waals surface area contributed by atoms with E-state index in [4.69, 9.17) is 5.26 Å². The number of carbonyl (C=O) groups is 2. The summed E-state index contributed by atoms with van der Waals surface area (Å²) in [6, 6.07) is 8.05. The van der Waals surface area contributed by atoms with Crippen molar-refractivity contribution >= 4 is 17.6 Å². The lowest BCUT2D eigenvalue weighted by Crippen LogP contribution is -2.49. The lowest BCUT2D eigenvalue weighted by molar-refractivity contribution is -0.130. The number of carbonyl (C=O) groups excluding carboxylic acids is 2. The second-order valence-electron chi connectivity index (χ2n) is 4.63. The Balaban J connectivity index is 1.76. The maximum Gasteiger partial charge on any atom is 0.319 e. The van der Waals surface area contributed by atoms with Crippen molar-refractivity contribution in [1.29, 1.82) is 5.26 Å². The van der Waals surface area contributed by atoms with Crippen LogP contribution in [0.5, 0.6) is 0 Å². The van der Waals surface area contributed by atoms with Crippen molar-refractivity contribution in [3.05, 3.63) is 29.8 Å². The summed E-state index contributed by atoms with van der Waals surface area (Å²) < 4.78 is 0. The second-order valence-corrected chi connectivity index (χ2v) is 4.63. The number of rotatable bonds is 3. The Bertz CT molecular complexity index is 543. The molecule has 1 aromatic rings. The Hall–Kier alpha value is -2.59. The van der Waals surface area contributed by atoms with E-state index in [1.54, 1.807) is 29.2 Å². The van der Waals surface area contributed by atoms with Gasteiger partial charge in [0.2, 0.25) is 5.91 Å². The van der Waals surface area contributed by atoms with Gasteiger partial charge >= 0.3 is 6.03 Å². The highest BCUT2D eigenvalue weighted by molar-refractivity contribution is 5.92. The SMILES string of the molecule is N#Cc1ccc(NC(=O)NCC(=O)N2CCNCC2)cc1. The minimum atomic E-state index is -0.441. The number of hydrogen-bond acceptors (Lipinski definition) is 4. The summed E-state index contributed by atoms with van der Waals surface area (Å²) in [5, 5.41) is 17.0. The standard InChI is InChI=1S/C14H17N5O2/c15-9-11-1-3-12(4-2-11)18-14(21)17-10-13(20)19-7-5-16-6-8-19/h1-4,16H,5-8,10H2,(H2,17,18,21). The van der Waals surface area contributed by atoms with E-state index < -0.39 is 6.03 Å². The summed E-state index contributed by atoms with van der Waals surface area (Å²) in [6.45, 7) is 2.87. The van der Waals surface area contributed by atoms with Crippen LogP contribution in [0.4, 0.5) is 10.5 Å². The van der Waals surface area contributed by atoms with Crippen molar-refractivity contribution in [1.82, 2.24) is 15.5 Å². The normalized spacial score (nSPS) is 14.1. The fourth-order valence-electron chi connectivity index (χ4n) is 1.99. The van der Waals surface area contributed by atoms with Gasteiger partial charge in [0.15, 0.2) is 0 Å². The molecule has 1 fully saturated rings. The van der Waals surface area contributed by atoms with Gasteiger partial charge < -0.3 is 20.9 Å². The summed E-state index contributed by atoms with van der Waals surface area (Å²) in [7, 11) is 0. The molecule has 7 heteroatoms. The van der Waals surface area contributed by atoms with Gasteiger partial charge in [-0.1, -0.05) is 0 Å². The molecular weight excluding hydrogens is 270 g/mol. The molecule has 1 aliphatic rings. The van der Waals surface area contributed by atoms with E-state index in [2.05, 4.69) is 16.0 Å². The van der Waals surface area contributed by atoms with E-state index in [0.29, 0.717) is 24.3 Å². The highest BCUT2D eigenvalue weighted by Gasteiger charge is 2.16. The number of hydrogen-bond donors (Lipinski definition) is 3. The minimum absolute atomic E-state index is 0.0257. The fraction of sp³-hybridized carbons (Fsp3) is 0.357. The molecule has 1 aliphatic heterocycles. The van der Waals surface area contributed by atoms with Gasteiger partial charge in [0, 0.05) is 31.9 Å². The smallest absolute Gasteiger partial charge is 0.319 e. The zero-order chi connectivity index (χ0) is 15.1. The topological polar surface area (TPSA) is 97.3 Å². The quantitative estimate of drug-likeness (QED) is 0.735. The van der Waals surface area contributed by atoms with Gasteiger partial charge in [0.05, 0.1) is 18.2 Å². The van der Waals surface area contributed by atoms with Crippen LogP contribution in [-0.4, -0.2) is 49.6 Å². The fourth-order valence-corrected chi connectivity index (χ4v) is 1.99. The van der Waals surface area contributed by atoms with Crippen molar-refractivity contribution in [3.63, 3.8) is 0 Å². The summed E-state index contributed by atoms with van der Waals surface area (Å²) in [5.41, 5.74) is 1.09. The third kappa shape index (κ3) is 4.47. The van der Waals surface area contributed by atoms with Gasteiger partial charge in [-0.15, -0.1) is 0 Å². The van der Waals surface area contributed by atoms with Crippen molar-refractivity contribution in [2.24, 2.45) is 0 Å². The van der Waals surface area contributed by atoms with Crippen molar-refractivity contribution in [3.8, 4) is 6.07 Å². The van der Waals surface area contributed by atoms with E-state index in [-0.39, 0.29) is 12.5 Å². The zero-order valence-electron chi connectivity index (χ0n) is 11.6. The van der Waals surface area contributed by atoms with Crippen molar-refractivity contribution < 1.29 is 9.59 Å². The number of nitrogens with one attached hydrogen (secondary N) is 3. The highest BCUT2D eigenvalue weighted by Crippen LogP contribution is 2.08. The molecule has 0 atom stereocenters. The van der Waals surface area contributed by atoms with Crippen LogP contribution in [0.15, 0.2) is 24.3 Å². The first kappa shape index (κ1) is 14.8. The molecule has 1 saturated heterocycles. The number of piperazine rings is 1.